The van der Waals surface area contributed by atoms with Crippen molar-refractivity contribution < 1.29 is 48.3 Å². The van der Waals surface area contributed by atoms with Crippen LogP contribution in [-0.2, 0) is 38.1 Å². The number of rotatable bonds is 6. The first-order valence-corrected chi connectivity index (χ1v) is 14.6. The predicted molar refractivity (Wildman–Crippen MR) is 151 cm³/mol. The molecule has 9 unspecified atom stereocenters. The first kappa shape index (κ1) is 32.1. The number of fused-ring (bicyclic) bond motifs is 3. The maximum Gasteiger partial charge on any atom is 0.303 e. The van der Waals surface area contributed by atoms with Gasteiger partial charge in [-0.2, -0.15) is 0 Å². The van der Waals surface area contributed by atoms with Crippen molar-refractivity contribution in [1.29, 1.82) is 0 Å². The first-order chi connectivity index (χ1) is 19.4. The van der Waals surface area contributed by atoms with Crippen LogP contribution < -0.4 is 0 Å². The highest BCUT2D eigenvalue weighted by Crippen LogP contribution is 2.60. The Balaban J connectivity index is 1.76. The highest BCUT2D eigenvalue weighted by Gasteiger charge is 2.68. The molecular formula is C32H44O10. The smallest absolute Gasteiger partial charge is 0.303 e. The van der Waals surface area contributed by atoms with Gasteiger partial charge in [-0.25, -0.2) is 0 Å². The number of allylic oxidation sites excluding steroid dienone is 3. The van der Waals surface area contributed by atoms with E-state index < -0.39 is 82.5 Å². The van der Waals surface area contributed by atoms with Crippen molar-refractivity contribution in [2.75, 3.05) is 0 Å². The molecule has 0 spiro atoms. The molecular weight excluding hydrogens is 544 g/mol. The van der Waals surface area contributed by atoms with E-state index in [0.717, 1.165) is 5.57 Å². The summed E-state index contributed by atoms with van der Waals surface area (Å²) in [7, 11) is 0. The lowest BCUT2D eigenvalue weighted by Gasteiger charge is -2.63. The second-order valence-electron chi connectivity index (χ2n) is 13.2. The lowest BCUT2D eigenvalue weighted by atomic mass is 9.51. The van der Waals surface area contributed by atoms with Gasteiger partial charge < -0.3 is 29.2 Å². The summed E-state index contributed by atoms with van der Waals surface area (Å²) in [6.07, 6.45) is -0.120. The highest BCUT2D eigenvalue weighted by atomic mass is 16.6. The highest BCUT2D eigenvalue weighted by molar-refractivity contribution is 6.22. The summed E-state index contributed by atoms with van der Waals surface area (Å²) in [6, 6.07) is 0. The number of aliphatic hydroxyl groups excluding tert-OH is 1. The molecule has 42 heavy (non-hydrogen) atoms. The van der Waals surface area contributed by atoms with Crippen LogP contribution in [0.2, 0.25) is 0 Å². The fraction of sp³-hybridized carbons (Fsp3) is 0.688. The minimum atomic E-state index is -1.42. The molecule has 2 aliphatic carbocycles. The molecule has 2 fully saturated rings. The monoisotopic (exact) mass is 588 g/mol. The van der Waals surface area contributed by atoms with E-state index >= 15 is 0 Å². The van der Waals surface area contributed by atoms with E-state index in [1.165, 1.54) is 19.9 Å². The minimum Gasteiger partial charge on any atom is -0.482 e. The van der Waals surface area contributed by atoms with Gasteiger partial charge in [0.25, 0.3) is 0 Å². The summed E-state index contributed by atoms with van der Waals surface area (Å²) >= 11 is 0. The molecule has 0 aromatic rings. The molecule has 4 aliphatic rings. The van der Waals surface area contributed by atoms with Crippen LogP contribution in [0.5, 0.6) is 0 Å². The summed E-state index contributed by atoms with van der Waals surface area (Å²) in [4.78, 5) is 51.7. The molecule has 4 rings (SSSR count). The summed E-state index contributed by atoms with van der Waals surface area (Å²) in [6.45, 7) is 14.8. The minimum absolute atomic E-state index is 0.132. The van der Waals surface area contributed by atoms with Gasteiger partial charge in [0.2, 0.25) is 5.78 Å². The average molecular weight is 589 g/mol. The molecule has 0 aromatic heterocycles. The number of ether oxygens (including phenoxy) is 4. The maximum absolute atomic E-state index is 13.9. The van der Waals surface area contributed by atoms with Crippen LogP contribution in [0.15, 0.2) is 34.6 Å². The number of carbonyl (C=O) groups is 4. The van der Waals surface area contributed by atoms with Gasteiger partial charge in [0.05, 0.1) is 29.5 Å². The number of ketones is 2. The molecule has 2 N–H and O–H groups in total. The van der Waals surface area contributed by atoms with Gasteiger partial charge in [0.1, 0.15) is 17.8 Å². The third-order valence-electron chi connectivity index (χ3n) is 9.82. The Bertz CT molecular complexity index is 1270. The van der Waals surface area contributed by atoms with Crippen LogP contribution in [0.4, 0.5) is 0 Å². The van der Waals surface area contributed by atoms with Gasteiger partial charge in [-0.15, -0.1) is 0 Å². The average Bonchev–Trinajstić information content (AvgIpc) is 2.87. The zero-order valence-electron chi connectivity index (χ0n) is 26.0. The summed E-state index contributed by atoms with van der Waals surface area (Å²) in [5.41, 5.74) is -2.62. The first-order valence-electron chi connectivity index (χ1n) is 14.6. The van der Waals surface area contributed by atoms with Crippen LogP contribution in [-0.4, -0.2) is 75.4 Å². The Morgan fingerprint density at radius 3 is 2.36 bits per heavy atom. The molecule has 2 heterocycles. The number of aliphatic hydroxyl groups is 2. The number of hydrogen-bond donors (Lipinski definition) is 2. The van der Waals surface area contributed by atoms with E-state index in [-0.39, 0.29) is 23.3 Å². The van der Waals surface area contributed by atoms with Gasteiger partial charge in [0.15, 0.2) is 11.5 Å². The quantitative estimate of drug-likeness (QED) is 0.269. The van der Waals surface area contributed by atoms with Crippen molar-refractivity contribution in [2.45, 2.75) is 123 Å². The third-order valence-corrected chi connectivity index (χ3v) is 9.82. The van der Waals surface area contributed by atoms with Crippen LogP contribution in [0.3, 0.4) is 0 Å². The maximum atomic E-state index is 13.9. The predicted octanol–water partition coefficient (Wildman–Crippen LogP) is 3.28. The summed E-state index contributed by atoms with van der Waals surface area (Å²) < 4.78 is 24.2. The number of Topliss-reactive ketones (excluding diaryl/α,β-unsaturated/α-hetero) is 1. The normalized spacial score (nSPS) is 36.5. The van der Waals surface area contributed by atoms with Crippen molar-refractivity contribution in [3.63, 3.8) is 0 Å². The van der Waals surface area contributed by atoms with Gasteiger partial charge in [-0.3, -0.25) is 19.2 Å². The Morgan fingerprint density at radius 2 is 1.81 bits per heavy atom. The molecule has 10 heteroatoms. The fourth-order valence-electron chi connectivity index (χ4n) is 7.55. The second kappa shape index (κ2) is 11.0. The molecule has 0 aromatic carbocycles. The van der Waals surface area contributed by atoms with Gasteiger partial charge in [-0.1, -0.05) is 19.9 Å². The van der Waals surface area contributed by atoms with E-state index in [0.29, 0.717) is 12.8 Å². The molecule has 0 amide bonds. The van der Waals surface area contributed by atoms with Crippen LogP contribution in [0.25, 0.3) is 0 Å². The van der Waals surface area contributed by atoms with Crippen molar-refractivity contribution in [1.82, 2.24) is 0 Å². The van der Waals surface area contributed by atoms with Gasteiger partial charge >= 0.3 is 11.9 Å². The Hall–Kier alpha value is -2.82. The van der Waals surface area contributed by atoms with E-state index in [1.807, 2.05) is 6.92 Å². The molecule has 0 radical (unpaired) electrons. The van der Waals surface area contributed by atoms with Crippen molar-refractivity contribution >= 4 is 23.5 Å². The molecule has 232 valence electrons. The van der Waals surface area contributed by atoms with Crippen molar-refractivity contribution in [3.05, 3.63) is 34.6 Å². The zero-order chi connectivity index (χ0) is 31.5. The Kier molecular flexibility index (Phi) is 8.43. The van der Waals surface area contributed by atoms with E-state index in [1.54, 1.807) is 47.6 Å². The number of carbonyl (C=O) groups excluding carboxylic acids is 4. The largest absolute Gasteiger partial charge is 0.482 e. The van der Waals surface area contributed by atoms with Crippen LogP contribution in [0, 0.1) is 17.3 Å². The van der Waals surface area contributed by atoms with Crippen LogP contribution in [0.1, 0.15) is 81.6 Å². The molecule has 0 bridgehead atoms. The lowest BCUT2D eigenvalue weighted by molar-refractivity contribution is -0.293. The van der Waals surface area contributed by atoms with E-state index in [4.69, 9.17) is 18.9 Å². The van der Waals surface area contributed by atoms with Crippen molar-refractivity contribution in [3.8, 4) is 0 Å². The second-order valence-corrected chi connectivity index (χ2v) is 13.2. The number of hydrogen-bond acceptors (Lipinski definition) is 10. The van der Waals surface area contributed by atoms with E-state index in [2.05, 4.69) is 0 Å². The molecule has 1 saturated heterocycles. The van der Waals surface area contributed by atoms with Gasteiger partial charge in [0, 0.05) is 43.1 Å². The molecule has 10 nitrogen and oxygen atoms in total. The standard InChI is InChI=1S/C32H44O10/c1-10-15(2)27(40-18(5)34)16(3)19-13-20(35)24-26(37)29-31(8,42-28(24)25(19)36)12-11-21-32(29,9)23(39-17(4)33)14-22(41-21)30(6,7)38/h10,13,16,21-23,26-27,29,37-38H,11-12,14H2,1-9H3. The zero-order valence-corrected chi connectivity index (χ0v) is 26.0. The molecule has 9 atom stereocenters. The summed E-state index contributed by atoms with van der Waals surface area (Å²) in [5, 5.41) is 22.7. The topological polar surface area (TPSA) is 146 Å². The molecule has 1 saturated carbocycles. The van der Waals surface area contributed by atoms with Gasteiger partial charge in [-0.05, 0) is 59.1 Å². The number of esters is 2. The van der Waals surface area contributed by atoms with Crippen molar-refractivity contribution in [2.24, 2.45) is 17.3 Å². The Morgan fingerprint density at radius 1 is 1.17 bits per heavy atom. The third kappa shape index (κ3) is 5.26. The fourth-order valence-corrected chi connectivity index (χ4v) is 7.55. The lowest BCUT2D eigenvalue weighted by Crippen LogP contribution is -2.70. The van der Waals surface area contributed by atoms with Crippen LogP contribution >= 0.6 is 0 Å². The van der Waals surface area contributed by atoms with E-state index in [9.17, 15) is 29.4 Å². The Labute approximate surface area is 247 Å². The summed E-state index contributed by atoms with van der Waals surface area (Å²) in [5.74, 6) is -3.78. The molecule has 2 aliphatic heterocycles. The SMILES string of the molecule is CC=C(C)C(OC(C)=O)C(C)C1=CC(=O)C2=C(OC3(C)CCC4OC(C(C)(C)O)CC(OC(C)=O)C4(C)C3C2O)C1=O.